The van der Waals surface area contributed by atoms with Gasteiger partial charge in [-0.2, -0.15) is 0 Å². The molecule has 1 aliphatic rings. The van der Waals surface area contributed by atoms with Crippen molar-refractivity contribution in [3.8, 4) is 0 Å². The van der Waals surface area contributed by atoms with Crippen molar-refractivity contribution in [3.05, 3.63) is 20.8 Å². The third kappa shape index (κ3) is 5.09. The fourth-order valence-corrected chi connectivity index (χ4v) is 3.83. The van der Waals surface area contributed by atoms with E-state index < -0.39 is 12.0 Å². The van der Waals surface area contributed by atoms with Gasteiger partial charge in [0.05, 0.1) is 6.61 Å². The summed E-state index contributed by atoms with van der Waals surface area (Å²) in [4.78, 5) is 24.4. The Morgan fingerprint density at radius 3 is 2.95 bits per heavy atom. The lowest BCUT2D eigenvalue weighted by Gasteiger charge is -2.28. The molecule has 1 aromatic rings. The van der Waals surface area contributed by atoms with Crippen LogP contribution in [0.5, 0.6) is 0 Å². The molecular weight excluding hydrogens is 358 g/mol. The van der Waals surface area contributed by atoms with Gasteiger partial charge in [0.2, 0.25) is 5.91 Å². The molecule has 2 N–H and O–H groups in total. The van der Waals surface area contributed by atoms with Gasteiger partial charge in [-0.15, -0.1) is 11.3 Å². The van der Waals surface area contributed by atoms with Gasteiger partial charge in [-0.25, -0.2) is 4.79 Å². The van der Waals surface area contributed by atoms with Gasteiger partial charge in [0.25, 0.3) is 0 Å². The predicted octanol–water partition coefficient (Wildman–Crippen LogP) is 2.44. The average Bonchev–Trinajstić information content (AvgIpc) is 2.89. The maximum Gasteiger partial charge on any atom is 0.326 e. The third-order valence-electron chi connectivity index (χ3n) is 3.47. The van der Waals surface area contributed by atoms with E-state index in [2.05, 4.69) is 21.2 Å². The summed E-state index contributed by atoms with van der Waals surface area (Å²) in [5, 5.41) is 13.9. The van der Waals surface area contributed by atoms with Crippen LogP contribution in [0.25, 0.3) is 0 Å². The number of carbonyl (C=O) groups excluding carboxylic acids is 1. The molecule has 2 heterocycles. The first kappa shape index (κ1) is 16.5. The Labute approximate surface area is 135 Å². The van der Waals surface area contributed by atoms with Crippen molar-refractivity contribution in [2.45, 2.75) is 31.7 Å². The molecule has 1 aromatic heterocycles. The van der Waals surface area contributed by atoms with Crippen LogP contribution in [0.2, 0.25) is 0 Å². The van der Waals surface area contributed by atoms with Gasteiger partial charge in [0.15, 0.2) is 0 Å². The molecule has 0 aliphatic carbocycles. The summed E-state index contributed by atoms with van der Waals surface area (Å²) >= 11 is 4.95. The Morgan fingerprint density at radius 2 is 2.38 bits per heavy atom. The topological polar surface area (TPSA) is 75.6 Å². The normalized spacial score (nSPS) is 20.0. The van der Waals surface area contributed by atoms with Gasteiger partial charge in [0.1, 0.15) is 6.04 Å². The standard InChI is InChI=1S/C14H18BrNO4S/c15-10-6-11(21-8-10)3-4-12(17)16-13(14(18)19)9-2-1-5-20-7-9/h6,8-9,13H,1-5,7H2,(H,16,17)(H,18,19). The molecule has 116 valence electrons. The predicted molar refractivity (Wildman–Crippen MR) is 83.4 cm³/mol. The molecular formula is C14H18BrNO4S. The quantitative estimate of drug-likeness (QED) is 0.800. The number of halogens is 1. The Bertz CT molecular complexity index is 499. The van der Waals surface area contributed by atoms with Crippen molar-refractivity contribution in [2.75, 3.05) is 13.2 Å². The van der Waals surface area contributed by atoms with E-state index in [9.17, 15) is 14.7 Å². The second-order valence-corrected chi connectivity index (χ2v) is 7.00. The van der Waals surface area contributed by atoms with Gasteiger partial charge in [-0.05, 0) is 41.3 Å². The number of carboxylic acids is 1. The Kier molecular flexibility index (Phi) is 6.20. The summed E-state index contributed by atoms with van der Waals surface area (Å²) in [5.41, 5.74) is 0. The average molecular weight is 376 g/mol. The van der Waals surface area contributed by atoms with Crippen LogP contribution in [-0.2, 0) is 20.7 Å². The van der Waals surface area contributed by atoms with E-state index in [-0.39, 0.29) is 11.8 Å². The van der Waals surface area contributed by atoms with Crippen molar-refractivity contribution in [1.29, 1.82) is 0 Å². The fraction of sp³-hybridized carbons (Fsp3) is 0.571. The first-order valence-electron chi connectivity index (χ1n) is 6.89. The van der Waals surface area contributed by atoms with Gasteiger partial charge >= 0.3 is 5.97 Å². The summed E-state index contributed by atoms with van der Waals surface area (Å²) in [5.74, 6) is -1.36. The van der Waals surface area contributed by atoms with E-state index in [4.69, 9.17) is 4.74 Å². The van der Waals surface area contributed by atoms with Crippen LogP contribution in [0.15, 0.2) is 15.9 Å². The van der Waals surface area contributed by atoms with Gasteiger partial charge in [-0.1, -0.05) is 0 Å². The lowest BCUT2D eigenvalue weighted by Crippen LogP contribution is -2.48. The number of nitrogens with one attached hydrogen (secondary N) is 1. The number of hydrogen-bond acceptors (Lipinski definition) is 4. The lowest BCUT2D eigenvalue weighted by molar-refractivity contribution is -0.145. The molecule has 21 heavy (non-hydrogen) atoms. The zero-order valence-electron chi connectivity index (χ0n) is 11.5. The van der Waals surface area contributed by atoms with Crippen molar-refractivity contribution in [2.24, 2.45) is 5.92 Å². The molecule has 5 nitrogen and oxygen atoms in total. The third-order valence-corrected chi connectivity index (χ3v) is 5.23. The monoisotopic (exact) mass is 375 g/mol. The smallest absolute Gasteiger partial charge is 0.326 e. The number of aryl methyl sites for hydroxylation is 1. The van der Waals surface area contributed by atoms with Crippen LogP contribution < -0.4 is 5.32 Å². The molecule has 1 fully saturated rings. The second-order valence-electron chi connectivity index (χ2n) is 5.09. The zero-order valence-corrected chi connectivity index (χ0v) is 13.9. The number of rotatable bonds is 6. The zero-order chi connectivity index (χ0) is 15.2. The minimum Gasteiger partial charge on any atom is -0.480 e. The van der Waals surface area contributed by atoms with Crippen LogP contribution in [0.1, 0.15) is 24.1 Å². The Morgan fingerprint density at radius 1 is 1.57 bits per heavy atom. The van der Waals surface area contributed by atoms with Crippen LogP contribution in [0.3, 0.4) is 0 Å². The molecule has 1 aliphatic heterocycles. The highest BCUT2D eigenvalue weighted by molar-refractivity contribution is 9.10. The number of thiophene rings is 1. The molecule has 0 aromatic carbocycles. The molecule has 0 bridgehead atoms. The molecule has 2 atom stereocenters. The summed E-state index contributed by atoms with van der Waals surface area (Å²) in [7, 11) is 0. The van der Waals surface area contributed by atoms with Gasteiger partial charge in [-0.3, -0.25) is 4.79 Å². The number of ether oxygens (including phenoxy) is 1. The highest BCUT2D eigenvalue weighted by Gasteiger charge is 2.31. The summed E-state index contributed by atoms with van der Waals surface area (Å²) < 4.78 is 6.31. The van der Waals surface area contributed by atoms with Crippen molar-refractivity contribution in [3.63, 3.8) is 0 Å². The first-order valence-corrected chi connectivity index (χ1v) is 8.56. The van der Waals surface area contributed by atoms with Gasteiger partial charge < -0.3 is 15.2 Å². The van der Waals surface area contributed by atoms with E-state index in [1.54, 1.807) is 11.3 Å². The molecule has 2 unspecified atom stereocenters. The Balaban J connectivity index is 1.84. The second kappa shape index (κ2) is 7.91. The molecule has 0 spiro atoms. The van der Waals surface area contributed by atoms with E-state index in [1.807, 2.05) is 11.4 Å². The number of hydrogen-bond donors (Lipinski definition) is 2. The SMILES string of the molecule is O=C(CCc1cc(Br)cs1)NC(C(=O)O)C1CCCOC1. The number of carboxylic acid groups (broad SMARTS) is 1. The van der Waals surface area contributed by atoms with Crippen molar-refractivity contribution in [1.82, 2.24) is 5.32 Å². The van der Waals surface area contributed by atoms with Crippen molar-refractivity contribution < 1.29 is 19.4 Å². The van der Waals surface area contributed by atoms with E-state index in [0.29, 0.717) is 26.1 Å². The lowest BCUT2D eigenvalue weighted by atomic mass is 9.93. The van der Waals surface area contributed by atoms with Crippen LogP contribution in [0.4, 0.5) is 0 Å². The molecule has 0 saturated carbocycles. The highest BCUT2D eigenvalue weighted by Crippen LogP contribution is 2.21. The molecule has 0 radical (unpaired) electrons. The van der Waals surface area contributed by atoms with E-state index >= 15 is 0 Å². The minimum atomic E-state index is -0.988. The Hall–Kier alpha value is -0.920. The van der Waals surface area contributed by atoms with Crippen LogP contribution >= 0.6 is 27.3 Å². The van der Waals surface area contributed by atoms with Crippen LogP contribution in [0, 0.1) is 5.92 Å². The van der Waals surface area contributed by atoms with E-state index in [0.717, 1.165) is 22.2 Å². The maximum atomic E-state index is 12.0. The largest absolute Gasteiger partial charge is 0.480 e. The summed E-state index contributed by atoms with van der Waals surface area (Å²) in [6.07, 6.45) is 2.53. The first-order chi connectivity index (χ1) is 10.1. The maximum absolute atomic E-state index is 12.0. The molecule has 1 saturated heterocycles. The highest BCUT2D eigenvalue weighted by atomic mass is 79.9. The number of aliphatic carboxylic acids is 1. The molecule has 7 heteroatoms. The number of amides is 1. The molecule has 2 rings (SSSR count). The molecule has 1 amide bonds. The van der Waals surface area contributed by atoms with Crippen molar-refractivity contribution >= 4 is 39.1 Å². The number of carbonyl (C=O) groups is 2. The fourth-order valence-electron chi connectivity index (χ4n) is 2.38. The van der Waals surface area contributed by atoms with Crippen LogP contribution in [-0.4, -0.2) is 36.2 Å². The van der Waals surface area contributed by atoms with E-state index in [1.165, 1.54) is 0 Å². The van der Waals surface area contributed by atoms with Gasteiger partial charge in [0, 0.05) is 33.7 Å². The minimum absolute atomic E-state index is 0.143. The summed E-state index contributed by atoms with van der Waals surface area (Å²) in [6, 6.07) is 1.12. The summed E-state index contributed by atoms with van der Waals surface area (Å²) in [6.45, 7) is 1.07.